The summed E-state index contributed by atoms with van der Waals surface area (Å²) in [6, 6.07) is 4.61. The summed E-state index contributed by atoms with van der Waals surface area (Å²) in [6.07, 6.45) is 0. The molecule has 0 aliphatic carbocycles. The zero-order valence-corrected chi connectivity index (χ0v) is 11.2. The van der Waals surface area contributed by atoms with Gasteiger partial charge in [0.2, 0.25) is 5.91 Å². The van der Waals surface area contributed by atoms with Crippen molar-refractivity contribution in [1.29, 1.82) is 0 Å². The number of carbonyl (C=O) groups excluding carboxylic acids is 1. The third kappa shape index (κ3) is 3.61. The Kier molecular flexibility index (Phi) is 4.96. The molecule has 1 aromatic rings. The van der Waals surface area contributed by atoms with Crippen LogP contribution in [0.25, 0.3) is 0 Å². The first-order valence-electron chi connectivity index (χ1n) is 5.54. The molecule has 1 amide bonds. The monoisotopic (exact) mass is 240 g/mol. The number of rotatable bonds is 5. The second-order valence-electron chi connectivity index (χ2n) is 4.22. The van der Waals surface area contributed by atoms with Gasteiger partial charge < -0.3 is 10.2 Å². The molecule has 0 aliphatic rings. The lowest BCUT2D eigenvalue weighted by Gasteiger charge is -2.22. The normalized spacial score (nSPS) is 12.8. The van der Waals surface area contributed by atoms with Crippen LogP contribution in [0.2, 0.25) is 0 Å². The molecule has 1 rings (SSSR count). The minimum Gasteiger partial charge on any atom is -0.342 e. The first-order valence-corrected chi connectivity index (χ1v) is 6.42. The zero-order chi connectivity index (χ0) is 12.1. The second kappa shape index (κ2) is 6.01. The number of thiophene rings is 1. The molecule has 0 spiro atoms. The highest BCUT2D eigenvalue weighted by atomic mass is 32.1. The standard InChI is InChI=1S/C12H20N2OS/c1-9(2)14(4)12(15)8-13-10(3)11-6-5-7-16-11/h5-7,9-10,13H,8H2,1-4H3/t10-/m0/s1. The third-order valence-electron chi connectivity index (χ3n) is 2.70. The summed E-state index contributed by atoms with van der Waals surface area (Å²) in [4.78, 5) is 14.7. The number of nitrogens with zero attached hydrogens (tertiary/aromatic N) is 1. The molecule has 0 unspecified atom stereocenters. The largest absolute Gasteiger partial charge is 0.342 e. The molecular formula is C12H20N2OS. The molecule has 1 atom stereocenters. The maximum Gasteiger partial charge on any atom is 0.236 e. The van der Waals surface area contributed by atoms with Crippen LogP contribution in [0, 0.1) is 0 Å². The zero-order valence-electron chi connectivity index (χ0n) is 10.4. The van der Waals surface area contributed by atoms with Gasteiger partial charge in [0.1, 0.15) is 0 Å². The highest BCUT2D eigenvalue weighted by molar-refractivity contribution is 7.10. The minimum atomic E-state index is 0.137. The Morgan fingerprint density at radius 1 is 1.50 bits per heavy atom. The van der Waals surface area contributed by atoms with Gasteiger partial charge in [0.15, 0.2) is 0 Å². The van der Waals surface area contributed by atoms with E-state index in [1.54, 1.807) is 16.2 Å². The lowest BCUT2D eigenvalue weighted by molar-refractivity contribution is -0.130. The van der Waals surface area contributed by atoms with Crippen LogP contribution in [0.15, 0.2) is 17.5 Å². The van der Waals surface area contributed by atoms with Gasteiger partial charge in [-0.15, -0.1) is 11.3 Å². The Morgan fingerprint density at radius 2 is 2.19 bits per heavy atom. The van der Waals surface area contributed by atoms with E-state index >= 15 is 0 Å². The molecule has 3 nitrogen and oxygen atoms in total. The fourth-order valence-electron chi connectivity index (χ4n) is 1.29. The molecule has 1 heterocycles. The van der Waals surface area contributed by atoms with Crippen LogP contribution in [0.4, 0.5) is 0 Å². The van der Waals surface area contributed by atoms with Crippen LogP contribution in [0.3, 0.4) is 0 Å². The van der Waals surface area contributed by atoms with Crippen molar-refractivity contribution < 1.29 is 4.79 Å². The summed E-state index contributed by atoms with van der Waals surface area (Å²) < 4.78 is 0. The summed E-state index contributed by atoms with van der Waals surface area (Å²) >= 11 is 1.71. The van der Waals surface area contributed by atoms with Gasteiger partial charge in [0.05, 0.1) is 6.54 Å². The Balaban J connectivity index is 2.37. The Bertz CT molecular complexity index is 322. The van der Waals surface area contributed by atoms with E-state index in [-0.39, 0.29) is 18.0 Å². The van der Waals surface area contributed by atoms with Crippen LogP contribution in [-0.4, -0.2) is 30.4 Å². The van der Waals surface area contributed by atoms with Crippen LogP contribution < -0.4 is 5.32 Å². The Morgan fingerprint density at radius 3 is 2.69 bits per heavy atom. The predicted molar refractivity (Wildman–Crippen MR) is 68.6 cm³/mol. The highest BCUT2D eigenvalue weighted by Gasteiger charge is 2.13. The number of hydrogen-bond donors (Lipinski definition) is 1. The van der Waals surface area contributed by atoms with Crippen molar-refractivity contribution in [2.75, 3.05) is 13.6 Å². The predicted octanol–water partition coefficient (Wildman–Crippen LogP) is 2.27. The maximum atomic E-state index is 11.7. The highest BCUT2D eigenvalue weighted by Crippen LogP contribution is 2.17. The van der Waals surface area contributed by atoms with Crippen LogP contribution in [0.5, 0.6) is 0 Å². The van der Waals surface area contributed by atoms with E-state index < -0.39 is 0 Å². The van der Waals surface area contributed by atoms with Crippen LogP contribution in [0.1, 0.15) is 31.7 Å². The third-order valence-corrected chi connectivity index (χ3v) is 3.75. The Labute approximate surface area is 101 Å². The fraction of sp³-hybridized carbons (Fsp3) is 0.583. The van der Waals surface area contributed by atoms with Gasteiger partial charge in [0, 0.05) is 24.0 Å². The first-order chi connectivity index (χ1) is 7.52. The molecular weight excluding hydrogens is 220 g/mol. The van der Waals surface area contributed by atoms with E-state index in [1.807, 2.05) is 27.0 Å². The smallest absolute Gasteiger partial charge is 0.236 e. The van der Waals surface area contributed by atoms with E-state index in [9.17, 15) is 4.79 Å². The number of nitrogens with one attached hydrogen (secondary N) is 1. The van der Waals surface area contributed by atoms with Gasteiger partial charge in [0.25, 0.3) is 0 Å². The van der Waals surface area contributed by atoms with Gasteiger partial charge >= 0.3 is 0 Å². The molecule has 4 heteroatoms. The lowest BCUT2D eigenvalue weighted by atomic mass is 10.2. The molecule has 0 saturated carbocycles. The summed E-state index contributed by atoms with van der Waals surface area (Å²) in [7, 11) is 1.84. The SMILES string of the molecule is CC(C)N(C)C(=O)CN[C@@H](C)c1cccs1. The summed E-state index contributed by atoms with van der Waals surface area (Å²) in [5, 5.41) is 5.29. The van der Waals surface area contributed by atoms with Crippen molar-refractivity contribution in [3.63, 3.8) is 0 Å². The van der Waals surface area contributed by atoms with E-state index in [2.05, 4.69) is 23.7 Å². The summed E-state index contributed by atoms with van der Waals surface area (Å²) in [5.41, 5.74) is 0. The van der Waals surface area contributed by atoms with Crippen molar-refractivity contribution in [2.24, 2.45) is 0 Å². The molecule has 0 radical (unpaired) electrons. The molecule has 90 valence electrons. The van der Waals surface area contributed by atoms with Crippen LogP contribution >= 0.6 is 11.3 Å². The van der Waals surface area contributed by atoms with Gasteiger partial charge in [-0.2, -0.15) is 0 Å². The molecule has 16 heavy (non-hydrogen) atoms. The maximum absolute atomic E-state index is 11.7. The molecule has 1 aromatic heterocycles. The summed E-state index contributed by atoms with van der Waals surface area (Å²) in [5.74, 6) is 0.137. The van der Waals surface area contributed by atoms with Gasteiger partial charge in [-0.05, 0) is 32.2 Å². The molecule has 0 aromatic carbocycles. The van der Waals surface area contributed by atoms with Crippen molar-refractivity contribution >= 4 is 17.2 Å². The molecule has 0 bridgehead atoms. The van der Waals surface area contributed by atoms with E-state index in [0.717, 1.165) is 0 Å². The number of carbonyl (C=O) groups is 1. The topological polar surface area (TPSA) is 32.3 Å². The average Bonchev–Trinajstić information content (AvgIpc) is 2.77. The lowest BCUT2D eigenvalue weighted by Crippen LogP contribution is -2.39. The minimum absolute atomic E-state index is 0.137. The summed E-state index contributed by atoms with van der Waals surface area (Å²) in [6.45, 7) is 6.50. The van der Waals surface area contributed by atoms with E-state index in [4.69, 9.17) is 0 Å². The molecule has 0 saturated heterocycles. The van der Waals surface area contributed by atoms with Crippen LogP contribution in [-0.2, 0) is 4.79 Å². The van der Waals surface area contributed by atoms with Crippen molar-refractivity contribution in [2.45, 2.75) is 32.9 Å². The molecule has 1 N–H and O–H groups in total. The van der Waals surface area contributed by atoms with Crippen molar-refractivity contribution in [3.8, 4) is 0 Å². The van der Waals surface area contributed by atoms with Gasteiger partial charge in [-0.3, -0.25) is 4.79 Å². The quantitative estimate of drug-likeness (QED) is 0.856. The number of hydrogen-bond acceptors (Lipinski definition) is 3. The average molecular weight is 240 g/mol. The molecule has 0 fully saturated rings. The van der Waals surface area contributed by atoms with Crippen molar-refractivity contribution in [3.05, 3.63) is 22.4 Å². The van der Waals surface area contributed by atoms with E-state index in [0.29, 0.717) is 6.54 Å². The fourth-order valence-corrected chi connectivity index (χ4v) is 2.05. The van der Waals surface area contributed by atoms with Gasteiger partial charge in [-0.25, -0.2) is 0 Å². The number of amides is 1. The first kappa shape index (κ1) is 13.2. The Hall–Kier alpha value is -0.870. The molecule has 0 aliphatic heterocycles. The van der Waals surface area contributed by atoms with Gasteiger partial charge in [-0.1, -0.05) is 6.07 Å². The van der Waals surface area contributed by atoms with E-state index in [1.165, 1.54) is 4.88 Å². The van der Waals surface area contributed by atoms with Crippen molar-refractivity contribution in [1.82, 2.24) is 10.2 Å². The number of likely N-dealkylation sites (N-methyl/N-ethyl adjacent to an activating group) is 1. The second-order valence-corrected chi connectivity index (χ2v) is 5.20.